The van der Waals surface area contributed by atoms with Crippen LogP contribution in [0.1, 0.15) is 17.3 Å². The van der Waals surface area contributed by atoms with Gasteiger partial charge in [0, 0.05) is 11.6 Å². The molecule has 0 aliphatic heterocycles. The van der Waals surface area contributed by atoms with Gasteiger partial charge in [0.05, 0.1) is 6.61 Å². The Kier molecular flexibility index (Phi) is 4.44. The highest BCUT2D eigenvalue weighted by Gasteiger charge is 2.16. The van der Waals surface area contributed by atoms with Crippen LogP contribution in [0.5, 0.6) is 0 Å². The van der Waals surface area contributed by atoms with Gasteiger partial charge >= 0.3 is 5.97 Å². The van der Waals surface area contributed by atoms with Crippen molar-refractivity contribution in [2.75, 3.05) is 6.61 Å². The summed E-state index contributed by atoms with van der Waals surface area (Å²) in [5.74, 6) is -0.479. The fraction of sp³-hybridized carbons (Fsp3) is 0.167. The predicted molar refractivity (Wildman–Crippen MR) is 73.6 cm³/mol. The summed E-state index contributed by atoms with van der Waals surface area (Å²) in [6, 6.07) is 3.24. The molecule has 0 atom stereocenters. The summed E-state index contributed by atoms with van der Waals surface area (Å²) in [6.07, 6.45) is 2.50. The Labute approximate surface area is 119 Å². The highest BCUT2D eigenvalue weighted by Crippen LogP contribution is 2.26. The number of hydrogen-bond acceptors (Lipinski definition) is 6. The van der Waals surface area contributed by atoms with Gasteiger partial charge in [-0.2, -0.15) is 0 Å². The maximum Gasteiger partial charge on any atom is 0.342 e. The molecule has 8 heteroatoms. The second kappa shape index (κ2) is 6.27. The summed E-state index contributed by atoms with van der Waals surface area (Å²) in [5, 5.41) is 9.39. The lowest BCUT2D eigenvalue weighted by Gasteiger charge is -2.07. The van der Waals surface area contributed by atoms with Crippen LogP contribution in [0.15, 0.2) is 23.3 Å². The number of carbonyl (C=O) groups is 1. The van der Waals surface area contributed by atoms with Gasteiger partial charge < -0.3 is 4.74 Å². The Morgan fingerprint density at radius 3 is 3.15 bits per heavy atom. The fourth-order valence-electron chi connectivity index (χ4n) is 1.60. The molecule has 0 saturated heterocycles. The normalized spacial score (nSPS) is 10.9. The van der Waals surface area contributed by atoms with E-state index in [0.717, 1.165) is 6.34 Å². The maximum atomic E-state index is 11.9. The number of carbonyl (C=O) groups excluding carboxylic acids is 1. The first-order valence-electron chi connectivity index (χ1n) is 5.72. The Balaban J connectivity index is 2.63. The second-order valence-electron chi connectivity index (χ2n) is 3.64. The fourth-order valence-corrected chi connectivity index (χ4v) is 1.81. The highest BCUT2D eigenvalue weighted by atomic mass is 35.5. The summed E-state index contributed by atoms with van der Waals surface area (Å²) in [6.45, 7) is 1.93. The van der Waals surface area contributed by atoms with E-state index in [0.29, 0.717) is 10.9 Å². The third kappa shape index (κ3) is 2.84. The van der Waals surface area contributed by atoms with Crippen molar-refractivity contribution in [2.24, 2.45) is 4.99 Å². The van der Waals surface area contributed by atoms with Crippen molar-refractivity contribution in [1.82, 2.24) is 15.4 Å². The molecular formula is C12H11ClN4O3. The van der Waals surface area contributed by atoms with Crippen LogP contribution in [0.25, 0.3) is 10.9 Å². The first-order valence-corrected chi connectivity index (χ1v) is 6.09. The number of fused-ring (bicyclic) bond motifs is 1. The van der Waals surface area contributed by atoms with Crippen LogP contribution >= 0.6 is 11.6 Å². The Bertz CT molecular complexity index is 675. The maximum absolute atomic E-state index is 11.9. The van der Waals surface area contributed by atoms with Gasteiger partial charge in [0.1, 0.15) is 17.4 Å². The smallest absolute Gasteiger partial charge is 0.342 e. The van der Waals surface area contributed by atoms with Crippen molar-refractivity contribution < 1.29 is 14.7 Å². The molecule has 0 aliphatic rings. The van der Waals surface area contributed by atoms with E-state index in [1.54, 1.807) is 24.5 Å². The molecule has 7 nitrogen and oxygen atoms in total. The highest BCUT2D eigenvalue weighted by molar-refractivity contribution is 6.33. The van der Waals surface area contributed by atoms with Crippen LogP contribution in [-0.4, -0.2) is 34.1 Å². The van der Waals surface area contributed by atoms with Crippen LogP contribution in [0.3, 0.4) is 0 Å². The van der Waals surface area contributed by atoms with Gasteiger partial charge in [-0.15, -0.1) is 0 Å². The minimum atomic E-state index is -0.556. The van der Waals surface area contributed by atoms with Crippen LogP contribution in [-0.2, 0) is 4.74 Å². The van der Waals surface area contributed by atoms with Crippen LogP contribution in [0, 0.1) is 0 Å². The van der Waals surface area contributed by atoms with E-state index in [-0.39, 0.29) is 23.1 Å². The van der Waals surface area contributed by atoms with Gasteiger partial charge in [-0.1, -0.05) is 11.6 Å². The summed E-state index contributed by atoms with van der Waals surface area (Å²) in [5.41, 5.74) is 2.33. The van der Waals surface area contributed by atoms with Crippen LogP contribution in [0.2, 0.25) is 5.15 Å². The summed E-state index contributed by atoms with van der Waals surface area (Å²) in [4.78, 5) is 23.8. The number of aliphatic imine (C=N–C) groups is 1. The third-order valence-electron chi connectivity index (χ3n) is 2.41. The Morgan fingerprint density at radius 1 is 1.65 bits per heavy atom. The number of esters is 1. The number of nitrogens with one attached hydrogen (secondary N) is 1. The van der Waals surface area contributed by atoms with Gasteiger partial charge in [0.25, 0.3) is 0 Å². The van der Waals surface area contributed by atoms with Crippen molar-refractivity contribution in [1.29, 1.82) is 0 Å². The van der Waals surface area contributed by atoms with Crippen molar-refractivity contribution in [3.05, 3.63) is 29.0 Å². The van der Waals surface area contributed by atoms with Gasteiger partial charge in [-0.3, -0.25) is 10.7 Å². The van der Waals surface area contributed by atoms with E-state index >= 15 is 0 Å². The second-order valence-corrected chi connectivity index (χ2v) is 4.00. The summed E-state index contributed by atoms with van der Waals surface area (Å²) < 4.78 is 4.94. The summed E-state index contributed by atoms with van der Waals surface area (Å²) >= 11 is 5.95. The molecule has 0 saturated carbocycles. The number of hydrogen-bond donors (Lipinski definition) is 2. The molecule has 0 fully saturated rings. The third-order valence-corrected chi connectivity index (χ3v) is 2.69. The van der Waals surface area contributed by atoms with Crippen LogP contribution in [0.4, 0.5) is 5.82 Å². The lowest BCUT2D eigenvalue weighted by Crippen LogP contribution is -2.07. The molecule has 0 radical (unpaired) electrons. The molecule has 0 spiro atoms. The number of nitrogens with zero attached hydrogens (tertiary/aromatic N) is 3. The topological polar surface area (TPSA) is 96.7 Å². The van der Waals surface area contributed by atoms with Crippen molar-refractivity contribution in [3.63, 3.8) is 0 Å². The van der Waals surface area contributed by atoms with E-state index in [9.17, 15) is 4.79 Å². The average molecular weight is 295 g/mol. The lowest BCUT2D eigenvalue weighted by atomic mass is 10.2. The quantitative estimate of drug-likeness (QED) is 0.295. The molecule has 2 aromatic heterocycles. The first kappa shape index (κ1) is 14.2. The number of rotatable bonds is 4. The molecule has 104 valence electrons. The van der Waals surface area contributed by atoms with Gasteiger partial charge in [-0.25, -0.2) is 19.8 Å². The number of pyridine rings is 2. The van der Waals surface area contributed by atoms with Crippen molar-refractivity contribution in [3.8, 4) is 0 Å². The number of halogens is 1. The van der Waals surface area contributed by atoms with E-state index in [1.807, 2.05) is 0 Å². The number of aromatic nitrogens is 2. The lowest BCUT2D eigenvalue weighted by molar-refractivity contribution is 0.0527. The minimum Gasteiger partial charge on any atom is -0.462 e. The molecule has 0 aromatic carbocycles. The zero-order chi connectivity index (χ0) is 14.5. The Hall–Kier alpha value is -2.25. The molecule has 0 unspecified atom stereocenters. The molecule has 20 heavy (non-hydrogen) atoms. The zero-order valence-electron chi connectivity index (χ0n) is 10.5. The van der Waals surface area contributed by atoms with E-state index in [4.69, 9.17) is 21.5 Å². The molecule has 2 heterocycles. The van der Waals surface area contributed by atoms with E-state index in [1.165, 1.54) is 6.20 Å². The molecule has 0 bridgehead atoms. The molecule has 2 rings (SSSR count). The predicted octanol–water partition coefficient (Wildman–Crippen LogP) is 2.10. The zero-order valence-corrected chi connectivity index (χ0v) is 11.3. The standard InChI is InChI=1S/C12H11ClN4O3/c1-2-20-12(18)8-5-7-3-4-14-10(13)9(7)17-11(8)15-6-16-19/h3-6,19H,2H2,1H3,(H,15,16,17). The SMILES string of the molecule is CCOC(=O)c1cc2ccnc(Cl)c2nc1/N=C/NO. The number of ether oxygens (including phenoxy) is 1. The van der Waals surface area contributed by atoms with Gasteiger partial charge in [-0.05, 0) is 19.1 Å². The molecule has 2 aromatic rings. The van der Waals surface area contributed by atoms with Gasteiger partial charge in [0.2, 0.25) is 0 Å². The molecule has 0 aliphatic carbocycles. The van der Waals surface area contributed by atoms with Crippen molar-refractivity contribution >= 4 is 40.6 Å². The van der Waals surface area contributed by atoms with Crippen LogP contribution < -0.4 is 5.48 Å². The molecule has 0 amide bonds. The first-order chi connectivity index (χ1) is 9.67. The Morgan fingerprint density at radius 2 is 2.45 bits per heavy atom. The molecular weight excluding hydrogens is 284 g/mol. The van der Waals surface area contributed by atoms with E-state index in [2.05, 4.69) is 15.0 Å². The molecule has 2 N–H and O–H groups in total. The van der Waals surface area contributed by atoms with Crippen molar-refractivity contribution in [2.45, 2.75) is 6.92 Å². The minimum absolute atomic E-state index is 0.0763. The monoisotopic (exact) mass is 294 g/mol. The van der Waals surface area contributed by atoms with Gasteiger partial charge in [0.15, 0.2) is 11.0 Å². The largest absolute Gasteiger partial charge is 0.462 e. The average Bonchev–Trinajstić information content (AvgIpc) is 2.45. The summed E-state index contributed by atoms with van der Waals surface area (Å²) in [7, 11) is 0. The van der Waals surface area contributed by atoms with E-state index < -0.39 is 5.97 Å². The number of hydroxylamine groups is 1.